The van der Waals surface area contributed by atoms with E-state index in [1.165, 1.54) is 11.3 Å². The zero-order valence-electron chi connectivity index (χ0n) is 7.93. The third-order valence-electron chi connectivity index (χ3n) is 2.02. The summed E-state index contributed by atoms with van der Waals surface area (Å²) in [4.78, 5) is 16.2. The van der Waals surface area contributed by atoms with Gasteiger partial charge in [0.25, 0.3) is 5.91 Å². The third kappa shape index (κ3) is 2.64. The van der Waals surface area contributed by atoms with Crippen LogP contribution in [0.25, 0.3) is 6.08 Å². The predicted molar refractivity (Wildman–Crippen MR) is 56.9 cm³/mol. The molecule has 4 nitrogen and oxygen atoms in total. The lowest BCUT2D eigenvalue weighted by atomic mass is 10.2. The number of nitriles is 1. The summed E-state index contributed by atoms with van der Waals surface area (Å²) in [6.45, 7) is 0. The van der Waals surface area contributed by atoms with Crippen LogP contribution >= 0.6 is 11.3 Å². The van der Waals surface area contributed by atoms with Gasteiger partial charge in [-0.05, 0) is 18.9 Å². The molecule has 0 aliphatic heterocycles. The van der Waals surface area contributed by atoms with Crippen LogP contribution in [-0.2, 0) is 4.79 Å². The van der Waals surface area contributed by atoms with Gasteiger partial charge in [0.15, 0.2) is 0 Å². The summed E-state index contributed by atoms with van der Waals surface area (Å²) in [7, 11) is 0. The van der Waals surface area contributed by atoms with Crippen molar-refractivity contribution < 1.29 is 4.79 Å². The van der Waals surface area contributed by atoms with Gasteiger partial charge >= 0.3 is 0 Å². The molecule has 5 heteroatoms. The Morgan fingerprint density at radius 2 is 2.53 bits per heavy atom. The first-order chi connectivity index (χ1) is 7.29. The Kier molecular flexibility index (Phi) is 2.79. The van der Waals surface area contributed by atoms with Crippen LogP contribution in [0.1, 0.15) is 17.7 Å². The van der Waals surface area contributed by atoms with Crippen LogP contribution in [0.15, 0.2) is 17.3 Å². The fraction of sp³-hybridized carbons (Fsp3) is 0.300. The lowest BCUT2D eigenvalue weighted by Gasteiger charge is -1.99. The molecule has 1 fully saturated rings. The Morgan fingerprint density at radius 1 is 1.73 bits per heavy atom. The van der Waals surface area contributed by atoms with Gasteiger partial charge in [0, 0.05) is 17.1 Å². The number of carbonyl (C=O) groups excluding carboxylic acids is 1. The van der Waals surface area contributed by atoms with Gasteiger partial charge in [-0.3, -0.25) is 9.78 Å². The smallest absolute Gasteiger partial charge is 0.262 e. The number of thiazole rings is 1. The van der Waals surface area contributed by atoms with Gasteiger partial charge in [0.1, 0.15) is 11.6 Å². The number of rotatable bonds is 3. The van der Waals surface area contributed by atoms with Gasteiger partial charge in [-0.15, -0.1) is 11.3 Å². The second-order valence-corrected chi connectivity index (χ2v) is 4.24. The summed E-state index contributed by atoms with van der Waals surface area (Å²) in [5.74, 6) is -0.284. The molecule has 0 unspecified atom stereocenters. The number of aromatic nitrogens is 1. The molecule has 0 radical (unpaired) electrons. The summed E-state index contributed by atoms with van der Waals surface area (Å²) < 4.78 is 0. The lowest BCUT2D eigenvalue weighted by Crippen LogP contribution is -2.26. The summed E-state index contributed by atoms with van der Waals surface area (Å²) in [6, 6.07) is 2.18. The highest BCUT2D eigenvalue weighted by Crippen LogP contribution is 2.19. The Morgan fingerprint density at radius 3 is 3.07 bits per heavy atom. The molecule has 0 aromatic carbocycles. The molecular weight excluding hydrogens is 210 g/mol. The molecule has 15 heavy (non-hydrogen) atoms. The molecule has 76 valence electrons. The number of amides is 1. The Labute approximate surface area is 91.3 Å². The van der Waals surface area contributed by atoms with Crippen molar-refractivity contribution in [1.29, 1.82) is 5.26 Å². The van der Waals surface area contributed by atoms with E-state index in [1.54, 1.807) is 17.8 Å². The zero-order valence-corrected chi connectivity index (χ0v) is 8.75. The molecule has 1 aromatic heterocycles. The second-order valence-electron chi connectivity index (χ2n) is 3.32. The molecule has 1 aliphatic carbocycles. The number of hydrogen-bond acceptors (Lipinski definition) is 4. The van der Waals surface area contributed by atoms with Gasteiger partial charge in [0.2, 0.25) is 0 Å². The van der Waals surface area contributed by atoms with Crippen LogP contribution in [0.2, 0.25) is 0 Å². The predicted octanol–water partition coefficient (Wildman–Crippen LogP) is 1.33. The van der Waals surface area contributed by atoms with Crippen LogP contribution in [0.3, 0.4) is 0 Å². The Bertz CT molecular complexity index is 426. The van der Waals surface area contributed by atoms with E-state index in [0.29, 0.717) is 0 Å². The monoisotopic (exact) mass is 219 g/mol. The van der Waals surface area contributed by atoms with Crippen LogP contribution < -0.4 is 5.32 Å². The number of carbonyl (C=O) groups is 1. The molecule has 1 saturated carbocycles. The van der Waals surface area contributed by atoms with E-state index in [2.05, 4.69) is 10.3 Å². The standard InChI is InChI=1S/C10H9N3OS/c11-4-7(3-9-5-12-6-15-9)10(14)13-8-1-2-8/h3,5-6,8H,1-2H2,(H,13,14)/b7-3+. The first kappa shape index (κ1) is 9.87. The van der Waals surface area contributed by atoms with E-state index in [-0.39, 0.29) is 17.5 Å². The van der Waals surface area contributed by atoms with Crippen LogP contribution in [0.5, 0.6) is 0 Å². The maximum Gasteiger partial charge on any atom is 0.262 e. The summed E-state index contributed by atoms with van der Waals surface area (Å²) >= 11 is 1.40. The molecule has 1 aliphatic rings. The SMILES string of the molecule is N#C/C(=C\c1cncs1)C(=O)NC1CC1. The van der Waals surface area contributed by atoms with Gasteiger partial charge in [-0.25, -0.2) is 0 Å². The topological polar surface area (TPSA) is 65.8 Å². The minimum absolute atomic E-state index is 0.145. The van der Waals surface area contributed by atoms with Gasteiger partial charge < -0.3 is 5.32 Å². The van der Waals surface area contributed by atoms with E-state index in [0.717, 1.165) is 17.7 Å². The van der Waals surface area contributed by atoms with Crippen molar-refractivity contribution in [2.75, 3.05) is 0 Å². The molecule has 1 amide bonds. The minimum atomic E-state index is -0.284. The van der Waals surface area contributed by atoms with Crippen LogP contribution in [0, 0.1) is 11.3 Å². The van der Waals surface area contributed by atoms with Crippen molar-refractivity contribution in [2.45, 2.75) is 18.9 Å². The summed E-state index contributed by atoms with van der Waals surface area (Å²) in [6.07, 6.45) is 5.23. The van der Waals surface area contributed by atoms with E-state index in [1.807, 2.05) is 6.07 Å². The molecule has 1 aromatic rings. The van der Waals surface area contributed by atoms with Crippen molar-refractivity contribution in [3.05, 3.63) is 22.2 Å². The van der Waals surface area contributed by atoms with E-state index < -0.39 is 0 Å². The molecule has 0 atom stereocenters. The lowest BCUT2D eigenvalue weighted by molar-refractivity contribution is -0.117. The van der Waals surface area contributed by atoms with Crippen molar-refractivity contribution in [1.82, 2.24) is 10.3 Å². The highest BCUT2D eigenvalue weighted by Gasteiger charge is 2.24. The molecule has 0 saturated heterocycles. The van der Waals surface area contributed by atoms with Gasteiger partial charge in [-0.2, -0.15) is 5.26 Å². The second kappa shape index (κ2) is 4.24. The van der Waals surface area contributed by atoms with E-state index in [9.17, 15) is 4.79 Å². The zero-order chi connectivity index (χ0) is 10.7. The number of hydrogen-bond donors (Lipinski definition) is 1. The normalized spacial score (nSPS) is 15.8. The average molecular weight is 219 g/mol. The van der Waals surface area contributed by atoms with Crippen LogP contribution in [0.4, 0.5) is 0 Å². The number of nitrogens with zero attached hydrogens (tertiary/aromatic N) is 2. The van der Waals surface area contributed by atoms with Gasteiger partial charge in [0.05, 0.1) is 5.51 Å². The molecule has 0 spiro atoms. The first-order valence-corrected chi connectivity index (χ1v) is 5.48. The average Bonchev–Trinajstić information content (AvgIpc) is 2.89. The quantitative estimate of drug-likeness (QED) is 0.616. The fourth-order valence-electron chi connectivity index (χ4n) is 1.08. The third-order valence-corrected chi connectivity index (χ3v) is 2.74. The van der Waals surface area contributed by atoms with Crippen molar-refractivity contribution >= 4 is 23.3 Å². The Balaban J connectivity index is 2.09. The van der Waals surface area contributed by atoms with Crippen LogP contribution in [-0.4, -0.2) is 16.9 Å². The van der Waals surface area contributed by atoms with E-state index >= 15 is 0 Å². The fourth-order valence-corrected chi connectivity index (χ4v) is 1.63. The number of nitrogens with one attached hydrogen (secondary N) is 1. The maximum absolute atomic E-state index is 11.5. The molecular formula is C10H9N3OS. The highest BCUT2D eigenvalue weighted by molar-refractivity contribution is 7.10. The van der Waals surface area contributed by atoms with Crippen molar-refractivity contribution in [2.24, 2.45) is 0 Å². The van der Waals surface area contributed by atoms with E-state index in [4.69, 9.17) is 5.26 Å². The maximum atomic E-state index is 11.5. The van der Waals surface area contributed by atoms with Crippen molar-refractivity contribution in [3.63, 3.8) is 0 Å². The molecule has 0 bridgehead atoms. The first-order valence-electron chi connectivity index (χ1n) is 4.61. The van der Waals surface area contributed by atoms with Crippen molar-refractivity contribution in [3.8, 4) is 6.07 Å². The molecule has 1 N–H and O–H groups in total. The van der Waals surface area contributed by atoms with Gasteiger partial charge in [-0.1, -0.05) is 0 Å². The minimum Gasteiger partial charge on any atom is -0.349 e. The largest absolute Gasteiger partial charge is 0.349 e. The highest BCUT2D eigenvalue weighted by atomic mass is 32.1. The summed E-state index contributed by atoms with van der Waals surface area (Å²) in [5, 5.41) is 11.6. The molecule has 2 rings (SSSR count). The summed E-state index contributed by atoms with van der Waals surface area (Å²) in [5.41, 5.74) is 1.81. The molecule has 1 heterocycles. The Hall–Kier alpha value is -1.67.